The molecule has 2 aromatic rings. The van der Waals surface area contributed by atoms with Gasteiger partial charge in [0.2, 0.25) is 5.88 Å². The number of nitrogen functional groups attached to an aromatic ring is 1. The van der Waals surface area contributed by atoms with Gasteiger partial charge < -0.3 is 25.4 Å². The third-order valence-corrected chi connectivity index (χ3v) is 6.23. The molecule has 2 unspecified atom stereocenters. The van der Waals surface area contributed by atoms with Gasteiger partial charge in [0.1, 0.15) is 17.6 Å². The standard InChI is InChI=1S/C22H34N6O2/c1-15-7-10-24-22(29-3)21(15)27-11-8-17(9-12-27)25-16(2)20-18(23)14-28(26-20)19-6-4-5-13-30-19/h7,10,14,16-17,19,25H,4-6,8-9,11-13,23H2,1-3H3. The van der Waals surface area contributed by atoms with E-state index < -0.39 is 0 Å². The Bertz CT molecular complexity index is 840. The first kappa shape index (κ1) is 20.9. The molecule has 0 amide bonds. The molecule has 0 aromatic carbocycles. The number of aromatic nitrogens is 3. The van der Waals surface area contributed by atoms with E-state index in [1.807, 2.05) is 16.9 Å². The maximum absolute atomic E-state index is 6.29. The Labute approximate surface area is 178 Å². The summed E-state index contributed by atoms with van der Waals surface area (Å²) in [6.07, 6.45) is 9.14. The molecule has 4 rings (SSSR count). The van der Waals surface area contributed by atoms with Gasteiger partial charge in [0.05, 0.1) is 25.0 Å². The molecule has 0 spiro atoms. The van der Waals surface area contributed by atoms with E-state index in [2.05, 4.69) is 29.0 Å². The highest BCUT2D eigenvalue weighted by atomic mass is 16.5. The summed E-state index contributed by atoms with van der Waals surface area (Å²) in [5.74, 6) is 0.707. The summed E-state index contributed by atoms with van der Waals surface area (Å²) in [4.78, 5) is 6.76. The highest BCUT2D eigenvalue weighted by Gasteiger charge is 2.26. The summed E-state index contributed by atoms with van der Waals surface area (Å²) in [6, 6.07) is 2.56. The number of hydrogen-bond donors (Lipinski definition) is 2. The average molecular weight is 415 g/mol. The molecule has 0 bridgehead atoms. The van der Waals surface area contributed by atoms with Crippen molar-refractivity contribution in [1.29, 1.82) is 0 Å². The van der Waals surface area contributed by atoms with Crippen molar-refractivity contribution in [3.63, 3.8) is 0 Å². The van der Waals surface area contributed by atoms with Crippen molar-refractivity contribution in [3.05, 3.63) is 29.7 Å². The van der Waals surface area contributed by atoms with Crippen molar-refractivity contribution in [2.24, 2.45) is 0 Å². The minimum atomic E-state index is 0.0166. The Morgan fingerprint density at radius 2 is 2.07 bits per heavy atom. The second-order valence-electron chi connectivity index (χ2n) is 8.41. The molecule has 8 nitrogen and oxygen atoms in total. The molecule has 2 aliphatic heterocycles. The Hall–Kier alpha value is -2.32. The second-order valence-corrected chi connectivity index (χ2v) is 8.41. The van der Waals surface area contributed by atoms with Crippen LogP contribution in [0.5, 0.6) is 5.88 Å². The maximum Gasteiger partial charge on any atom is 0.237 e. The average Bonchev–Trinajstić information content (AvgIpc) is 3.16. The maximum atomic E-state index is 6.29. The normalized spacial score (nSPS) is 21.6. The quantitative estimate of drug-likeness (QED) is 0.750. The number of hydrogen-bond acceptors (Lipinski definition) is 7. The van der Waals surface area contributed by atoms with E-state index in [9.17, 15) is 0 Å². The van der Waals surface area contributed by atoms with Crippen LogP contribution in [0.2, 0.25) is 0 Å². The van der Waals surface area contributed by atoms with Gasteiger partial charge in [-0.05, 0) is 57.6 Å². The highest BCUT2D eigenvalue weighted by Crippen LogP contribution is 2.32. The van der Waals surface area contributed by atoms with Gasteiger partial charge in [-0.15, -0.1) is 0 Å². The summed E-state index contributed by atoms with van der Waals surface area (Å²) in [7, 11) is 1.68. The Balaban J connectivity index is 1.36. The van der Waals surface area contributed by atoms with E-state index in [-0.39, 0.29) is 12.3 Å². The Morgan fingerprint density at radius 1 is 1.27 bits per heavy atom. The number of piperidine rings is 1. The molecule has 2 saturated heterocycles. The van der Waals surface area contributed by atoms with Gasteiger partial charge in [-0.3, -0.25) is 0 Å². The van der Waals surface area contributed by atoms with Crippen molar-refractivity contribution in [2.75, 3.05) is 37.4 Å². The number of anilines is 2. The molecule has 4 heterocycles. The highest BCUT2D eigenvalue weighted by molar-refractivity contribution is 5.60. The fourth-order valence-corrected chi connectivity index (χ4v) is 4.60. The number of aryl methyl sites for hydroxylation is 1. The van der Waals surface area contributed by atoms with Crippen LogP contribution in [0.25, 0.3) is 0 Å². The fourth-order valence-electron chi connectivity index (χ4n) is 4.60. The van der Waals surface area contributed by atoms with Gasteiger partial charge in [-0.25, -0.2) is 9.67 Å². The van der Waals surface area contributed by atoms with Crippen LogP contribution >= 0.6 is 0 Å². The largest absolute Gasteiger partial charge is 0.480 e. The van der Waals surface area contributed by atoms with Crippen LogP contribution in [0.3, 0.4) is 0 Å². The fraction of sp³-hybridized carbons (Fsp3) is 0.636. The van der Waals surface area contributed by atoms with Crippen LogP contribution in [0.1, 0.15) is 62.6 Å². The van der Waals surface area contributed by atoms with Gasteiger partial charge in [0, 0.05) is 31.9 Å². The molecular formula is C22H34N6O2. The lowest BCUT2D eigenvalue weighted by atomic mass is 10.0. The van der Waals surface area contributed by atoms with E-state index >= 15 is 0 Å². The predicted octanol–water partition coefficient (Wildman–Crippen LogP) is 3.20. The zero-order valence-corrected chi connectivity index (χ0v) is 18.3. The monoisotopic (exact) mass is 414 g/mol. The molecule has 0 radical (unpaired) electrons. The lowest BCUT2D eigenvalue weighted by Crippen LogP contribution is -2.43. The van der Waals surface area contributed by atoms with Crippen molar-refractivity contribution in [2.45, 2.75) is 64.3 Å². The molecule has 2 aromatic heterocycles. The third kappa shape index (κ3) is 4.39. The summed E-state index contributed by atoms with van der Waals surface area (Å²) in [5.41, 5.74) is 10.3. The first-order valence-electron chi connectivity index (χ1n) is 11.0. The van der Waals surface area contributed by atoms with E-state index in [1.165, 1.54) is 12.0 Å². The number of nitrogens with one attached hydrogen (secondary N) is 1. The molecule has 2 atom stereocenters. The number of nitrogens with zero attached hydrogens (tertiary/aromatic N) is 4. The van der Waals surface area contributed by atoms with E-state index in [0.717, 1.165) is 62.4 Å². The molecule has 3 N–H and O–H groups in total. The van der Waals surface area contributed by atoms with Crippen molar-refractivity contribution in [3.8, 4) is 5.88 Å². The van der Waals surface area contributed by atoms with Gasteiger partial charge in [0.15, 0.2) is 0 Å². The van der Waals surface area contributed by atoms with E-state index in [1.54, 1.807) is 13.3 Å². The van der Waals surface area contributed by atoms with Crippen LogP contribution in [0.15, 0.2) is 18.5 Å². The lowest BCUT2D eigenvalue weighted by Gasteiger charge is -2.36. The molecule has 164 valence electrons. The lowest BCUT2D eigenvalue weighted by molar-refractivity contribution is -0.0397. The van der Waals surface area contributed by atoms with Gasteiger partial charge in [-0.2, -0.15) is 5.10 Å². The van der Waals surface area contributed by atoms with Crippen LogP contribution < -0.4 is 20.7 Å². The van der Waals surface area contributed by atoms with Crippen LogP contribution in [0.4, 0.5) is 11.4 Å². The zero-order valence-electron chi connectivity index (χ0n) is 18.3. The minimum Gasteiger partial charge on any atom is -0.480 e. The zero-order chi connectivity index (χ0) is 21.1. The second kappa shape index (κ2) is 9.22. The molecular weight excluding hydrogens is 380 g/mol. The van der Waals surface area contributed by atoms with Crippen molar-refractivity contribution < 1.29 is 9.47 Å². The summed E-state index contributed by atoms with van der Waals surface area (Å²) >= 11 is 0. The molecule has 0 saturated carbocycles. The van der Waals surface area contributed by atoms with Crippen LogP contribution in [0, 0.1) is 6.92 Å². The topological polar surface area (TPSA) is 90.5 Å². The Kier molecular flexibility index (Phi) is 6.43. The number of rotatable bonds is 6. The number of nitrogens with two attached hydrogens (primary N) is 1. The first-order valence-corrected chi connectivity index (χ1v) is 11.0. The van der Waals surface area contributed by atoms with E-state index in [0.29, 0.717) is 11.9 Å². The SMILES string of the molecule is COc1nccc(C)c1N1CCC(NC(C)c2nn(C3CCCCO3)cc2N)CC1. The van der Waals surface area contributed by atoms with Gasteiger partial charge in [0.25, 0.3) is 0 Å². The third-order valence-electron chi connectivity index (χ3n) is 6.23. The smallest absolute Gasteiger partial charge is 0.237 e. The first-order chi connectivity index (χ1) is 14.6. The summed E-state index contributed by atoms with van der Waals surface area (Å²) in [5, 5.41) is 8.50. The Morgan fingerprint density at radius 3 is 2.77 bits per heavy atom. The molecule has 2 fully saturated rings. The van der Waals surface area contributed by atoms with Gasteiger partial charge in [-0.1, -0.05) is 0 Å². The van der Waals surface area contributed by atoms with Crippen LogP contribution in [-0.4, -0.2) is 47.6 Å². The molecule has 8 heteroatoms. The molecule has 30 heavy (non-hydrogen) atoms. The number of ether oxygens (including phenoxy) is 2. The number of pyridine rings is 1. The van der Waals surface area contributed by atoms with Crippen molar-refractivity contribution in [1.82, 2.24) is 20.1 Å². The van der Waals surface area contributed by atoms with Gasteiger partial charge >= 0.3 is 0 Å². The predicted molar refractivity (Wildman–Crippen MR) is 118 cm³/mol. The minimum absolute atomic E-state index is 0.0166. The number of methoxy groups -OCH3 is 1. The molecule has 0 aliphatic carbocycles. The van der Waals surface area contributed by atoms with Crippen LogP contribution in [-0.2, 0) is 4.74 Å². The summed E-state index contributed by atoms with van der Waals surface area (Å²) < 4.78 is 13.2. The molecule has 2 aliphatic rings. The van der Waals surface area contributed by atoms with E-state index in [4.69, 9.17) is 20.3 Å². The summed E-state index contributed by atoms with van der Waals surface area (Å²) in [6.45, 7) is 6.99. The van der Waals surface area contributed by atoms with Crippen molar-refractivity contribution >= 4 is 11.4 Å².